The Morgan fingerprint density at radius 1 is 0.556 bits per heavy atom. The highest BCUT2D eigenvalue weighted by molar-refractivity contribution is 7.99. The molecule has 0 aromatic carbocycles. The first-order chi connectivity index (χ1) is 17.1. The number of rotatable bonds is 9. The smallest absolute Gasteiger partial charge is 0.187 e. The largest absolute Gasteiger partial charge is 0.394 e. The zero-order valence-electron chi connectivity index (χ0n) is 19.4. The van der Waals surface area contributed by atoms with Crippen molar-refractivity contribution in [1.82, 2.24) is 0 Å². The summed E-state index contributed by atoms with van der Waals surface area (Å²) in [4.78, 5) is 0. The average Bonchev–Trinajstić information content (AvgIpc) is 2.87. The Balaban J connectivity index is 1.71. The second kappa shape index (κ2) is 13.2. The first-order valence-electron chi connectivity index (χ1n) is 11.6. The number of hydrogen-bond acceptors (Lipinski definition) is 16. The second-order valence-electron chi connectivity index (χ2n) is 8.77. The summed E-state index contributed by atoms with van der Waals surface area (Å²) in [5.41, 5.74) is -0.841. The molecule has 0 spiro atoms. The van der Waals surface area contributed by atoms with Crippen molar-refractivity contribution in [2.24, 2.45) is 0 Å². The van der Waals surface area contributed by atoms with Crippen molar-refractivity contribution in [3.8, 4) is 0 Å². The van der Waals surface area contributed by atoms with Crippen LogP contribution in [-0.4, -0.2) is 168 Å². The summed E-state index contributed by atoms with van der Waals surface area (Å²) in [5, 5.41) is 101. The van der Waals surface area contributed by atoms with Crippen molar-refractivity contribution in [1.29, 1.82) is 0 Å². The van der Waals surface area contributed by atoms with E-state index >= 15 is 0 Å². The van der Waals surface area contributed by atoms with Crippen LogP contribution in [0.15, 0.2) is 0 Å². The molecule has 0 aliphatic carbocycles. The number of ether oxygens (including phenoxy) is 5. The lowest BCUT2D eigenvalue weighted by Crippen LogP contribution is -2.66. The normalized spacial score (nSPS) is 50.2. The molecule has 0 amide bonds. The van der Waals surface area contributed by atoms with Gasteiger partial charge in [-0.2, -0.15) is 0 Å². The number of hydrogen-bond donors (Lipinski definition) is 10. The fourth-order valence-electron chi connectivity index (χ4n) is 4.35. The summed E-state index contributed by atoms with van der Waals surface area (Å²) in [6.45, 7) is -0.295. The van der Waals surface area contributed by atoms with Gasteiger partial charge in [-0.3, -0.25) is 0 Å². The van der Waals surface area contributed by atoms with Gasteiger partial charge in [0.1, 0.15) is 78.7 Å². The molecule has 0 bridgehead atoms. The molecule has 3 fully saturated rings. The number of aliphatic hydroxyl groups excluding tert-OH is 10. The maximum Gasteiger partial charge on any atom is 0.187 e. The standard InChI is InChI=1S/C20H36O15S/c1-2-36-20-15(30)12(27)17(8(5-23)33-20)35-19-14(29)11(26)16(7(4-22)32-19)34-18-13(28)10(25)9(24)6(3-21)31-18/h6-30H,2-5H2,1H3/t6?,7?,8?,9-,10+,11-,12-,13+,14?,15?,16-,17-,18?,19+,20+/m1/s1. The SMILES string of the molecule is CCS[C@@H]1OC(CO)[C@@H](O[C@@H]2OC(CO)[C@@H](OC3OC(CO)[C@@H](O)[C@H](O)[C@@H]3O)[C@H](O)C2O)[C@H](O)C1O. The van der Waals surface area contributed by atoms with Gasteiger partial charge in [0.2, 0.25) is 0 Å². The minimum absolute atomic E-state index is 0.558. The minimum atomic E-state index is -1.85. The van der Waals surface area contributed by atoms with Crippen LogP contribution in [0.5, 0.6) is 0 Å². The van der Waals surface area contributed by atoms with E-state index in [2.05, 4.69) is 0 Å². The number of aliphatic hydroxyl groups is 10. The number of thioether (sulfide) groups is 1. The molecule has 0 radical (unpaired) electrons. The van der Waals surface area contributed by atoms with E-state index in [1.807, 2.05) is 6.92 Å². The van der Waals surface area contributed by atoms with Crippen molar-refractivity contribution in [2.75, 3.05) is 25.6 Å². The van der Waals surface area contributed by atoms with E-state index in [9.17, 15) is 51.1 Å². The molecule has 0 saturated carbocycles. The molecule has 0 aromatic heterocycles. The average molecular weight is 549 g/mol. The predicted octanol–water partition coefficient (Wildman–Crippen LogP) is -5.81. The van der Waals surface area contributed by atoms with Gasteiger partial charge in [0.25, 0.3) is 0 Å². The molecule has 3 rings (SSSR count). The Morgan fingerprint density at radius 2 is 1.00 bits per heavy atom. The molecule has 6 unspecified atom stereocenters. The van der Waals surface area contributed by atoms with Crippen LogP contribution >= 0.6 is 11.8 Å². The van der Waals surface area contributed by atoms with Gasteiger partial charge in [-0.25, -0.2) is 0 Å². The molecule has 0 aromatic rings. The molecule has 3 aliphatic heterocycles. The molecule has 36 heavy (non-hydrogen) atoms. The molecule has 16 heteroatoms. The van der Waals surface area contributed by atoms with Gasteiger partial charge in [0.05, 0.1) is 19.8 Å². The Morgan fingerprint density at radius 3 is 1.50 bits per heavy atom. The van der Waals surface area contributed by atoms with E-state index in [-0.39, 0.29) is 0 Å². The van der Waals surface area contributed by atoms with E-state index < -0.39 is 111 Å². The molecule has 15 atom stereocenters. The van der Waals surface area contributed by atoms with Gasteiger partial charge >= 0.3 is 0 Å². The maximum absolute atomic E-state index is 10.7. The Bertz CT molecular complexity index is 671. The van der Waals surface area contributed by atoms with Gasteiger partial charge in [-0.1, -0.05) is 6.92 Å². The third kappa shape index (κ3) is 6.15. The van der Waals surface area contributed by atoms with Crippen molar-refractivity contribution in [2.45, 2.75) is 98.2 Å². The molecule has 15 nitrogen and oxygen atoms in total. The van der Waals surface area contributed by atoms with Crippen LogP contribution in [0.4, 0.5) is 0 Å². The van der Waals surface area contributed by atoms with Crippen molar-refractivity contribution in [3.63, 3.8) is 0 Å². The maximum atomic E-state index is 10.7. The van der Waals surface area contributed by atoms with Crippen LogP contribution in [-0.2, 0) is 23.7 Å². The van der Waals surface area contributed by atoms with Crippen LogP contribution in [0.25, 0.3) is 0 Å². The van der Waals surface area contributed by atoms with Gasteiger partial charge < -0.3 is 74.7 Å². The lowest BCUT2D eigenvalue weighted by molar-refractivity contribution is -0.371. The van der Waals surface area contributed by atoms with E-state index in [1.165, 1.54) is 11.8 Å². The van der Waals surface area contributed by atoms with Crippen LogP contribution < -0.4 is 0 Å². The summed E-state index contributed by atoms with van der Waals surface area (Å²) in [5.74, 6) is 0.558. The lowest BCUT2D eigenvalue weighted by atomic mass is 9.96. The Kier molecular flexibility index (Phi) is 11.1. The van der Waals surface area contributed by atoms with Crippen LogP contribution in [0.2, 0.25) is 0 Å². The fraction of sp³-hybridized carbons (Fsp3) is 1.00. The van der Waals surface area contributed by atoms with Gasteiger partial charge in [0, 0.05) is 0 Å². The molecular formula is C20H36O15S. The van der Waals surface area contributed by atoms with E-state index in [0.29, 0.717) is 5.75 Å². The summed E-state index contributed by atoms with van der Waals surface area (Å²) in [7, 11) is 0. The van der Waals surface area contributed by atoms with E-state index in [1.54, 1.807) is 0 Å². The van der Waals surface area contributed by atoms with Crippen LogP contribution in [0, 0.1) is 0 Å². The van der Waals surface area contributed by atoms with Gasteiger partial charge in [-0.15, -0.1) is 11.8 Å². The highest BCUT2D eigenvalue weighted by atomic mass is 32.2. The zero-order chi connectivity index (χ0) is 26.7. The molecule has 3 heterocycles. The second-order valence-corrected chi connectivity index (χ2v) is 10.1. The monoisotopic (exact) mass is 548 g/mol. The summed E-state index contributed by atoms with van der Waals surface area (Å²) in [6.07, 6.45) is -21.9. The Hall–Kier alpha value is -0.250. The summed E-state index contributed by atoms with van der Waals surface area (Å²) in [6, 6.07) is 0. The minimum Gasteiger partial charge on any atom is -0.394 e. The molecule has 3 saturated heterocycles. The predicted molar refractivity (Wildman–Crippen MR) is 117 cm³/mol. The van der Waals surface area contributed by atoms with Gasteiger partial charge in [0.15, 0.2) is 12.6 Å². The Labute approximate surface area is 210 Å². The van der Waals surface area contributed by atoms with Crippen molar-refractivity contribution >= 4 is 11.8 Å². The third-order valence-corrected chi connectivity index (χ3v) is 7.46. The molecule has 10 N–H and O–H groups in total. The highest BCUT2D eigenvalue weighted by Crippen LogP contribution is 2.34. The van der Waals surface area contributed by atoms with Gasteiger partial charge in [-0.05, 0) is 5.75 Å². The zero-order valence-corrected chi connectivity index (χ0v) is 20.2. The van der Waals surface area contributed by atoms with Crippen molar-refractivity contribution < 1.29 is 74.7 Å². The first kappa shape index (κ1) is 30.3. The highest BCUT2D eigenvalue weighted by Gasteiger charge is 2.53. The van der Waals surface area contributed by atoms with Crippen LogP contribution in [0.1, 0.15) is 6.92 Å². The van der Waals surface area contributed by atoms with E-state index in [0.717, 1.165) is 0 Å². The topological polar surface area (TPSA) is 248 Å². The van der Waals surface area contributed by atoms with E-state index in [4.69, 9.17) is 23.7 Å². The summed E-state index contributed by atoms with van der Waals surface area (Å²) >= 11 is 1.20. The molecule has 212 valence electrons. The van der Waals surface area contributed by atoms with Crippen LogP contribution in [0.3, 0.4) is 0 Å². The third-order valence-electron chi connectivity index (χ3n) is 6.40. The quantitative estimate of drug-likeness (QED) is 0.129. The van der Waals surface area contributed by atoms with Crippen molar-refractivity contribution in [3.05, 3.63) is 0 Å². The molecule has 3 aliphatic rings. The summed E-state index contributed by atoms with van der Waals surface area (Å²) < 4.78 is 27.4. The first-order valence-corrected chi connectivity index (χ1v) is 12.6. The fourth-order valence-corrected chi connectivity index (χ4v) is 5.25. The lowest BCUT2D eigenvalue weighted by Gasteiger charge is -2.48. The molecular weight excluding hydrogens is 512 g/mol.